The fourth-order valence-corrected chi connectivity index (χ4v) is 2.89. The highest BCUT2D eigenvalue weighted by molar-refractivity contribution is 7.79. The average molecular weight is 410 g/mol. The Hall–Kier alpha value is -3.02. The van der Waals surface area contributed by atoms with Gasteiger partial charge in [-0.25, -0.2) is 14.2 Å². The molecule has 7 nitrogen and oxygen atoms in total. The number of aliphatic imine (C=N–C) groups is 1. The van der Waals surface area contributed by atoms with Crippen LogP contribution in [0.1, 0.15) is 44.0 Å². The number of ether oxygens (including phenoxy) is 1. The summed E-state index contributed by atoms with van der Waals surface area (Å²) in [4.78, 5) is 13.7. The van der Waals surface area contributed by atoms with E-state index < -0.39 is 11.1 Å². The maximum atomic E-state index is 11.1. The van der Waals surface area contributed by atoms with Crippen molar-refractivity contribution in [3.8, 4) is 17.7 Å². The molecule has 150 valence electrons. The zero-order chi connectivity index (χ0) is 20.8. The van der Waals surface area contributed by atoms with Gasteiger partial charge in [0.05, 0.1) is 22.8 Å². The first-order valence-electron chi connectivity index (χ1n) is 9.15. The van der Waals surface area contributed by atoms with Crippen LogP contribution < -0.4 is 10.1 Å². The summed E-state index contributed by atoms with van der Waals surface area (Å²) in [5.74, 6) is 6.33. The SMILES string of the molecule is C=Cc1nc(N[C@H](C)c2ccc(S(=O)O)cc2)nc(OC2CC2)c1N=CC#CC. The second-order valence-electron chi connectivity index (χ2n) is 6.44. The van der Waals surface area contributed by atoms with Gasteiger partial charge in [-0.15, -0.1) is 5.92 Å². The number of aromatic nitrogens is 2. The van der Waals surface area contributed by atoms with Gasteiger partial charge in [0.15, 0.2) is 16.8 Å². The van der Waals surface area contributed by atoms with Crippen molar-refractivity contribution in [3.63, 3.8) is 0 Å². The van der Waals surface area contributed by atoms with Gasteiger partial charge in [0.1, 0.15) is 6.10 Å². The molecule has 1 fully saturated rings. The third-order valence-corrected chi connectivity index (χ3v) is 4.88. The van der Waals surface area contributed by atoms with E-state index in [9.17, 15) is 4.21 Å². The minimum Gasteiger partial charge on any atom is -0.473 e. The standard InChI is InChI=1S/C21H22N4O3S/c1-4-6-13-22-19-18(5-2)24-21(25-20(19)28-16-9-10-16)23-14(3)15-7-11-17(12-8-15)29(26)27/h5,7-8,11-14,16H,2,9-10H2,1,3H3,(H,26,27)(H,23,24,25)/t14-/m1/s1. The summed E-state index contributed by atoms with van der Waals surface area (Å²) in [6, 6.07) is 6.68. The van der Waals surface area contributed by atoms with Crippen LogP contribution in [0.15, 0.2) is 40.7 Å². The number of benzene rings is 1. The summed E-state index contributed by atoms with van der Waals surface area (Å²) in [7, 11) is 0. The van der Waals surface area contributed by atoms with Gasteiger partial charge < -0.3 is 14.6 Å². The Morgan fingerprint density at radius 2 is 2.10 bits per heavy atom. The average Bonchev–Trinajstić information content (AvgIpc) is 3.53. The molecule has 1 aromatic heterocycles. The van der Waals surface area contributed by atoms with Gasteiger partial charge in [-0.05, 0) is 50.5 Å². The number of rotatable bonds is 8. The summed E-state index contributed by atoms with van der Waals surface area (Å²) in [5, 5.41) is 3.24. The Balaban J connectivity index is 1.88. The van der Waals surface area contributed by atoms with E-state index in [4.69, 9.17) is 9.29 Å². The van der Waals surface area contributed by atoms with Crippen LogP contribution in [0.4, 0.5) is 11.6 Å². The van der Waals surface area contributed by atoms with Gasteiger partial charge in [0.2, 0.25) is 11.8 Å². The van der Waals surface area contributed by atoms with Gasteiger partial charge in [-0.1, -0.05) is 24.6 Å². The molecular weight excluding hydrogens is 388 g/mol. The Kier molecular flexibility index (Phi) is 6.75. The molecule has 0 saturated heterocycles. The molecule has 1 aromatic carbocycles. The lowest BCUT2D eigenvalue weighted by Gasteiger charge is -2.17. The van der Waals surface area contributed by atoms with E-state index >= 15 is 0 Å². The van der Waals surface area contributed by atoms with Crippen LogP contribution in [-0.4, -0.2) is 31.0 Å². The lowest BCUT2D eigenvalue weighted by molar-refractivity contribution is 0.292. The van der Waals surface area contributed by atoms with E-state index in [0.717, 1.165) is 18.4 Å². The van der Waals surface area contributed by atoms with Crippen LogP contribution in [0, 0.1) is 11.8 Å². The predicted octanol–water partition coefficient (Wildman–Crippen LogP) is 4.14. The molecule has 8 heteroatoms. The maximum absolute atomic E-state index is 11.1. The number of hydrogen-bond acceptors (Lipinski definition) is 6. The van der Waals surface area contributed by atoms with Gasteiger partial charge in [0, 0.05) is 0 Å². The maximum Gasteiger partial charge on any atom is 0.245 e. The largest absolute Gasteiger partial charge is 0.473 e. The van der Waals surface area contributed by atoms with Crippen molar-refractivity contribution < 1.29 is 13.5 Å². The molecule has 2 atom stereocenters. The Labute approximate surface area is 172 Å². The highest BCUT2D eigenvalue weighted by Crippen LogP contribution is 2.35. The predicted molar refractivity (Wildman–Crippen MR) is 115 cm³/mol. The minimum atomic E-state index is -2.00. The first-order chi connectivity index (χ1) is 14.0. The summed E-state index contributed by atoms with van der Waals surface area (Å²) in [5.41, 5.74) is 1.97. The third-order valence-electron chi connectivity index (χ3n) is 4.20. The quantitative estimate of drug-likeness (QED) is 0.386. The minimum absolute atomic E-state index is 0.136. The van der Waals surface area contributed by atoms with Crippen molar-refractivity contribution in [3.05, 3.63) is 42.1 Å². The first-order valence-corrected chi connectivity index (χ1v) is 10.3. The molecule has 0 aliphatic heterocycles. The van der Waals surface area contributed by atoms with E-state index in [1.807, 2.05) is 6.92 Å². The lowest BCUT2D eigenvalue weighted by atomic mass is 10.1. The molecule has 1 aliphatic rings. The number of anilines is 1. The molecule has 0 bridgehead atoms. The van der Waals surface area contributed by atoms with Crippen LogP contribution in [0.5, 0.6) is 5.88 Å². The van der Waals surface area contributed by atoms with Crippen molar-refractivity contribution in [2.24, 2.45) is 4.99 Å². The molecule has 3 rings (SSSR count). The van der Waals surface area contributed by atoms with E-state index in [1.165, 1.54) is 6.21 Å². The topological polar surface area (TPSA) is 96.7 Å². The molecule has 2 N–H and O–H groups in total. The third kappa shape index (κ3) is 5.50. The van der Waals surface area contributed by atoms with Crippen molar-refractivity contribution in [2.45, 2.75) is 43.7 Å². The fraction of sp³-hybridized carbons (Fsp3) is 0.286. The van der Waals surface area contributed by atoms with Crippen molar-refractivity contribution in [1.82, 2.24) is 9.97 Å². The molecular formula is C21H22N4O3S. The van der Waals surface area contributed by atoms with Crippen LogP contribution in [0.3, 0.4) is 0 Å². The molecule has 1 saturated carbocycles. The molecule has 1 aliphatic carbocycles. The van der Waals surface area contributed by atoms with Crippen molar-refractivity contribution in [2.75, 3.05) is 5.32 Å². The molecule has 0 radical (unpaired) electrons. The van der Waals surface area contributed by atoms with Crippen LogP contribution in [-0.2, 0) is 11.1 Å². The molecule has 1 heterocycles. The lowest BCUT2D eigenvalue weighted by Crippen LogP contribution is -2.11. The monoisotopic (exact) mass is 410 g/mol. The Morgan fingerprint density at radius 3 is 2.69 bits per heavy atom. The summed E-state index contributed by atoms with van der Waals surface area (Å²) < 4.78 is 26.2. The van der Waals surface area contributed by atoms with Crippen LogP contribution in [0.2, 0.25) is 0 Å². The van der Waals surface area contributed by atoms with Gasteiger partial charge >= 0.3 is 0 Å². The van der Waals surface area contributed by atoms with E-state index in [2.05, 4.69) is 38.7 Å². The summed E-state index contributed by atoms with van der Waals surface area (Å²) in [6.45, 7) is 7.51. The molecule has 2 aromatic rings. The van der Waals surface area contributed by atoms with E-state index in [1.54, 1.807) is 37.3 Å². The zero-order valence-electron chi connectivity index (χ0n) is 16.3. The summed E-state index contributed by atoms with van der Waals surface area (Å²) >= 11 is -2.00. The molecule has 29 heavy (non-hydrogen) atoms. The molecule has 1 unspecified atom stereocenters. The molecule has 0 spiro atoms. The highest BCUT2D eigenvalue weighted by Gasteiger charge is 2.27. The summed E-state index contributed by atoms with van der Waals surface area (Å²) in [6.07, 6.45) is 5.22. The second kappa shape index (κ2) is 9.45. The van der Waals surface area contributed by atoms with Crippen molar-refractivity contribution in [1.29, 1.82) is 0 Å². The Morgan fingerprint density at radius 1 is 1.38 bits per heavy atom. The smallest absolute Gasteiger partial charge is 0.245 e. The Bertz CT molecular complexity index is 1010. The van der Waals surface area contributed by atoms with E-state index in [0.29, 0.717) is 28.1 Å². The van der Waals surface area contributed by atoms with Crippen LogP contribution in [0.25, 0.3) is 6.08 Å². The zero-order valence-corrected chi connectivity index (χ0v) is 17.1. The van der Waals surface area contributed by atoms with Gasteiger partial charge in [-0.3, -0.25) is 0 Å². The fourth-order valence-electron chi connectivity index (χ4n) is 2.52. The first kappa shape index (κ1) is 20.7. The highest BCUT2D eigenvalue weighted by atomic mass is 32.2. The number of hydrogen-bond donors (Lipinski definition) is 2. The van der Waals surface area contributed by atoms with E-state index in [-0.39, 0.29) is 12.1 Å². The number of nitrogens with zero attached hydrogens (tertiary/aromatic N) is 3. The van der Waals surface area contributed by atoms with Gasteiger partial charge in [0.25, 0.3) is 0 Å². The molecule has 0 amide bonds. The van der Waals surface area contributed by atoms with Crippen molar-refractivity contribution >= 4 is 35.0 Å². The second-order valence-corrected chi connectivity index (χ2v) is 7.41. The number of nitrogens with one attached hydrogen (secondary N) is 1. The van der Waals surface area contributed by atoms with Crippen LogP contribution >= 0.6 is 0 Å². The van der Waals surface area contributed by atoms with Gasteiger partial charge in [-0.2, -0.15) is 4.98 Å². The normalized spacial score (nSPS) is 15.3.